The Labute approximate surface area is 93.7 Å². The van der Waals surface area contributed by atoms with Gasteiger partial charge in [-0.05, 0) is 39.0 Å². The molecule has 84 valence electrons. The van der Waals surface area contributed by atoms with Gasteiger partial charge in [0.15, 0.2) is 0 Å². The van der Waals surface area contributed by atoms with Gasteiger partial charge in [-0.15, -0.1) is 0 Å². The molecule has 4 heteroatoms. The second-order valence-electron chi connectivity index (χ2n) is 4.76. The average Bonchev–Trinajstić information content (AvgIpc) is 2.17. The van der Waals surface area contributed by atoms with Gasteiger partial charge in [0.05, 0.1) is 5.52 Å². The molecule has 0 spiro atoms. The number of anilines is 1. The van der Waals surface area contributed by atoms with Crippen LogP contribution in [-0.4, -0.2) is 15.5 Å². The molecule has 0 amide bonds. The molecule has 16 heavy (non-hydrogen) atoms. The quantitative estimate of drug-likeness (QED) is 0.801. The van der Waals surface area contributed by atoms with Crippen molar-refractivity contribution in [1.82, 2.24) is 9.97 Å². The third-order valence-corrected chi connectivity index (χ3v) is 2.09. The first-order chi connectivity index (χ1) is 7.46. The van der Waals surface area contributed by atoms with Crippen molar-refractivity contribution in [2.45, 2.75) is 26.3 Å². The van der Waals surface area contributed by atoms with E-state index in [0.717, 1.165) is 5.52 Å². The monoisotopic (exact) mass is 219 g/mol. The third kappa shape index (κ3) is 2.27. The predicted molar refractivity (Wildman–Crippen MR) is 62.9 cm³/mol. The molecule has 0 atom stereocenters. The summed E-state index contributed by atoms with van der Waals surface area (Å²) in [6.07, 6.45) is 1.48. The molecule has 0 aliphatic heterocycles. The zero-order chi connectivity index (χ0) is 11.8. The van der Waals surface area contributed by atoms with E-state index in [4.69, 9.17) is 0 Å². The number of hydrogen-bond donors (Lipinski definition) is 1. The van der Waals surface area contributed by atoms with Crippen LogP contribution in [0.4, 0.5) is 10.2 Å². The first kappa shape index (κ1) is 10.8. The molecule has 1 aromatic carbocycles. The summed E-state index contributed by atoms with van der Waals surface area (Å²) in [5.74, 6) is 0.385. The molecule has 0 saturated heterocycles. The van der Waals surface area contributed by atoms with Gasteiger partial charge >= 0.3 is 0 Å². The van der Waals surface area contributed by atoms with Crippen LogP contribution in [0.25, 0.3) is 10.9 Å². The van der Waals surface area contributed by atoms with Crippen LogP contribution in [0.5, 0.6) is 0 Å². The summed E-state index contributed by atoms with van der Waals surface area (Å²) in [4.78, 5) is 8.24. The maximum atomic E-state index is 13.2. The number of halogens is 1. The summed E-state index contributed by atoms with van der Waals surface area (Å²) >= 11 is 0. The normalized spacial score (nSPS) is 11.8. The van der Waals surface area contributed by atoms with Crippen molar-refractivity contribution < 1.29 is 4.39 Å². The highest BCUT2D eigenvalue weighted by atomic mass is 19.1. The van der Waals surface area contributed by atoms with Gasteiger partial charge in [-0.1, -0.05) is 0 Å². The van der Waals surface area contributed by atoms with Crippen LogP contribution in [0.2, 0.25) is 0 Å². The first-order valence-electron chi connectivity index (χ1n) is 5.14. The summed E-state index contributed by atoms with van der Waals surface area (Å²) in [5.41, 5.74) is 0.622. The van der Waals surface area contributed by atoms with Gasteiger partial charge in [0, 0.05) is 10.9 Å². The van der Waals surface area contributed by atoms with Crippen LogP contribution in [0.1, 0.15) is 20.8 Å². The second kappa shape index (κ2) is 3.70. The largest absolute Gasteiger partial charge is 0.365 e. The van der Waals surface area contributed by atoms with E-state index in [1.165, 1.54) is 18.5 Å². The lowest BCUT2D eigenvalue weighted by Gasteiger charge is -2.22. The fourth-order valence-corrected chi connectivity index (χ4v) is 1.48. The highest BCUT2D eigenvalue weighted by Crippen LogP contribution is 2.22. The maximum absolute atomic E-state index is 13.2. The molecule has 2 rings (SSSR count). The van der Waals surface area contributed by atoms with Crippen molar-refractivity contribution in [1.29, 1.82) is 0 Å². The first-order valence-corrected chi connectivity index (χ1v) is 5.14. The highest BCUT2D eigenvalue weighted by Gasteiger charge is 2.13. The van der Waals surface area contributed by atoms with Gasteiger partial charge in [-0.25, -0.2) is 14.4 Å². The van der Waals surface area contributed by atoms with Gasteiger partial charge in [-0.2, -0.15) is 0 Å². The molecule has 1 N–H and O–H groups in total. The molecule has 0 fully saturated rings. The van der Waals surface area contributed by atoms with E-state index < -0.39 is 0 Å². The number of benzene rings is 1. The number of rotatable bonds is 1. The maximum Gasteiger partial charge on any atom is 0.137 e. The smallest absolute Gasteiger partial charge is 0.137 e. The Kier molecular flexibility index (Phi) is 2.50. The van der Waals surface area contributed by atoms with Crippen molar-refractivity contribution >= 4 is 16.7 Å². The Morgan fingerprint density at radius 1 is 1.19 bits per heavy atom. The minimum atomic E-state index is -0.278. The molecule has 0 unspecified atom stereocenters. The van der Waals surface area contributed by atoms with E-state index in [-0.39, 0.29) is 11.4 Å². The van der Waals surface area contributed by atoms with Crippen molar-refractivity contribution in [3.63, 3.8) is 0 Å². The summed E-state index contributed by atoms with van der Waals surface area (Å²) in [6.45, 7) is 6.08. The molecule has 1 heterocycles. The van der Waals surface area contributed by atoms with E-state index in [1.807, 2.05) is 20.8 Å². The minimum absolute atomic E-state index is 0.117. The molecule has 0 aliphatic carbocycles. The molecule has 3 nitrogen and oxygen atoms in total. The van der Waals surface area contributed by atoms with Crippen LogP contribution >= 0.6 is 0 Å². The third-order valence-electron chi connectivity index (χ3n) is 2.09. The van der Waals surface area contributed by atoms with Gasteiger partial charge in [0.1, 0.15) is 18.0 Å². The van der Waals surface area contributed by atoms with Gasteiger partial charge < -0.3 is 5.32 Å². The van der Waals surface area contributed by atoms with Gasteiger partial charge in [0.25, 0.3) is 0 Å². The highest BCUT2D eigenvalue weighted by molar-refractivity contribution is 5.88. The summed E-state index contributed by atoms with van der Waals surface area (Å²) in [7, 11) is 0. The SMILES string of the molecule is CC(C)(C)Nc1ncnc2ccc(F)cc12. The lowest BCUT2D eigenvalue weighted by Crippen LogP contribution is -2.26. The predicted octanol–water partition coefficient (Wildman–Crippen LogP) is 2.98. The standard InChI is InChI=1S/C12H14FN3/c1-12(2,3)16-11-9-6-8(13)4-5-10(9)14-7-15-11/h4-7H,1-3H3,(H,14,15,16). The number of fused-ring (bicyclic) bond motifs is 1. The van der Waals surface area contributed by atoms with Crippen molar-refractivity contribution in [3.05, 3.63) is 30.3 Å². The number of nitrogens with one attached hydrogen (secondary N) is 1. The Morgan fingerprint density at radius 2 is 1.94 bits per heavy atom. The molecule has 2 aromatic rings. The fourth-order valence-electron chi connectivity index (χ4n) is 1.48. The summed E-state index contributed by atoms with van der Waals surface area (Å²) < 4.78 is 13.2. The lowest BCUT2D eigenvalue weighted by molar-refractivity contribution is 0.626. The Bertz CT molecular complexity index is 517. The Balaban J connectivity index is 2.56. The van der Waals surface area contributed by atoms with Crippen LogP contribution in [-0.2, 0) is 0 Å². The van der Waals surface area contributed by atoms with Crippen LogP contribution in [0, 0.1) is 5.82 Å². The number of aromatic nitrogens is 2. The Hall–Kier alpha value is -1.71. The van der Waals surface area contributed by atoms with Crippen LogP contribution in [0.3, 0.4) is 0 Å². The minimum Gasteiger partial charge on any atom is -0.365 e. The summed E-state index contributed by atoms with van der Waals surface area (Å²) in [5, 5.41) is 3.94. The molecule has 0 aliphatic rings. The molecule has 0 radical (unpaired) electrons. The van der Waals surface area contributed by atoms with E-state index in [9.17, 15) is 4.39 Å². The van der Waals surface area contributed by atoms with Gasteiger partial charge in [-0.3, -0.25) is 0 Å². The zero-order valence-electron chi connectivity index (χ0n) is 9.58. The summed E-state index contributed by atoms with van der Waals surface area (Å²) in [6, 6.07) is 4.50. The van der Waals surface area contributed by atoms with Crippen molar-refractivity contribution in [2.75, 3.05) is 5.32 Å². The number of hydrogen-bond acceptors (Lipinski definition) is 3. The van der Waals surface area contributed by atoms with E-state index >= 15 is 0 Å². The zero-order valence-corrected chi connectivity index (χ0v) is 9.58. The molecule has 1 aromatic heterocycles. The van der Waals surface area contributed by atoms with Crippen LogP contribution in [0.15, 0.2) is 24.5 Å². The molecular weight excluding hydrogens is 205 g/mol. The molecule has 0 bridgehead atoms. The van der Waals surface area contributed by atoms with Crippen molar-refractivity contribution in [2.24, 2.45) is 0 Å². The molecule has 0 saturated carbocycles. The Morgan fingerprint density at radius 3 is 2.62 bits per heavy atom. The molecular formula is C12H14FN3. The topological polar surface area (TPSA) is 37.8 Å². The van der Waals surface area contributed by atoms with E-state index in [2.05, 4.69) is 15.3 Å². The van der Waals surface area contributed by atoms with Crippen LogP contribution < -0.4 is 5.32 Å². The van der Waals surface area contributed by atoms with Crippen molar-refractivity contribution in [3.8, 4) is 0 Å². The van der Waals surface area contributed by atoms with E-state index in [0.29, 0.717) is 11.2 Å². The lowest BCUT2D eigenvalue weighted by atomic mass is 10.1. The fraction of sp³-hybridized carbons (Fsp3) is 0.333. The number of nitrogens with zero attached hydrogens (tertiary/aromatic N) is 2. The van der Waals surface area contributed by atoms with E-state index in [1.54, 1.807) is 6.07 Å². The second-order valence-corrected chi connectivity index (χ2v) is 4.76. The average molecular weight is 219 g/mol. The van der Waals surface area contributed by atoms with Gasteiger partial charge in [0.2, 0.25) is 0 Å².